The number of fused-ring (bicyclic) bond motifs is 1. The SMILES string of the molecule is O=C(NC1CC1)N[C@H]1CCN(c2cccc3c2CCO3)C1. The molecule has 0 aromatic heterocycles. The second-order valence-corrected chi connectivity index (χ2v) is 6.18. The van der Waals surface area contributed by atoms with Crippen LogP contribution >= 0.6 is 0 Å². The van der Waals surface area contributed by atoms with Gasteiger partial charge in [0.15, 0.2) is 0 Å². The first-order valence-corrected chi connectivity index (χ1v) is 7.86. The van der Waals surface area contributed by atoms with E-state index in [0.29, 0.717) is 6.04 Å². The number of carbonyl (C=O) groups excluding carboxylic acids is 1. The van der Waals surface area contributed by atoms with Crippen molar-refractivity contribution in [3.05, 3.63) is 23.8 Å². The molecule has 5 heteroatoms. The molecule has 0 unspecified atom stereocenters. The van der Waals surface area contributed by atoms with E-state index in [0.717, 1.165) is 51.1 Å². The van der Waals surface area contributed by atoms with Crippen molar-refractivity contribution in [2.75, 3.05) is 24.6 Å². The number of nitrogens with one attached hydrogen (secondary N) is 2. The molecule has 1 atom stereocenters. The number of benzene rings is 1. The highest BCUT2D eigenvalue weighted by Gasteiger charge is 2.29. The van der Waals surface area contributed by atoms with E-state index in [9.17, 15) is 4.79 Å². The summed E-state index contributed by atoms with van der Waals surface area (Å²) in [6.45, 7) is 2.66. The summed E-state index contributed by atoms with van der Waals surface area (Å²) in [6, 6.07) is 6.91. The Hall–Kier alpha value is -1.91. The standard InChI is InChI=1S/C16H21N3O2/c20-16(17-11-4-5-11)18-12-6-8-19(10-12)14-2-1-3-15-13(14)7-9-21-15/h1-3,11-12H,4-10H2,(H2,17,18,20)/t12-/m0/s1. The van der Waals surface area contributed by atoms with Gasteiger partial charge in [0.1, 0.15) is 5.75 Å². The molecule has 2 N–H and O–H groups in total. The second kappa shape index (κ2) is 5.13. The molecule has 21 heavy (non-hydrogen) atoms. The molecule has 2 aliphatic heterocycles. The van der Waals surface area contributed by atoms with Crippen LogP contribution in [0.1, 0.15) is 24.8 Å². The van der Waals surface area contributed by atoms with Crippen LogP contribution in [0.3, 0.4) is 0 Å². The molecule has 2 amide bonds. The van der Waals surface area contributed by atoms with Crippen LogP contribution in [0.2, 0.25) is 0 Å². The van der Waals surface area contributed by atoms with Crippen molar-refractivity contribution >= 4 is 11.7 Å². The monoisotopic (exact) mass is 287 g/mol. The Bertz CT molecular complexity index is 556. The summed E-state index contributed by atoms with van der Waals surface area (Å²) in [6.07, 6.45) is 4.24. The third-order valence-electron chi connectivity index (χ3n) is 4.49. The zero-order valence-corrected chi connectivity index (χ0v) is 12.1. The Morgan fingerprint density at radius 2 is 2.05 bits per heavy atom. The molecule has 1 saturated heterocycles. The van der Waals surface area contributed by atoms with Crippen LogP contribution in [0.4, 0.5) is 10.5 Å². The molecule has 112 valence electrons. The average Bonchev–Trinajstić information content (AvgIpc) is 2.99. The molecule has 0 radical (unpaired) electrons. The van der Waals surface area contributed by atoms with Gasteiger partial charge < -0.3 is 20.3 Å². The fourth-order valence-electron chi connectivity index (χ4n) is 3.24. The van der Waals surface area contributed by atoms with Gasteiger partial charge >= 0.3 is 6.03 Å². The lowest BCUT2D eigenvalue weighted by atomic mass is 10.1. The van der Waals surface area contributed by atoms with E-state index < -0.39 is 0 Å². The van der Waals surface area contributed by atoms with E-state index in [4.69, 9.17) is 4.74 Å². The predicted octanol–water partition coefficient (Wildman–Crippen LogP) is 1.66. The van der Waals surface area contributed by atoms with Crippen molar-refractivity contribution in [1.82, 2.24) is 10.6 Å². The Morgan fingerprint density at radius 1 is 1.19 bits per heavy atom. The van der Waals surface area contributed by atoms with E-state index in [2.05, 4.69) is 27.7 Å². The summed E-state index contributed by atoms with van der Waals surface area (Å²) < 4.78 is 5.63. The van der Waals surface area contributed by atoms with Gasteiger partial charge in [-0.2, -0.15) is 0 Å². The smallest absolute Gasteiger partial charge is 0.315 e. The highest BCUT2D eigenvalue weighted by molar-refractivity contribution is 5.75. The zero-order chi connectivity index (χ0) is 14.2. The first-order chi connectivity index (χ1) is 10.3. The Labute approximate surface area is 124 Å². The zero-order valence-electron chi connectivity index (χ0n) is 12.1. The van der Waals surface area contributed by atoms with E-state index in [-0.39, 0.29) is 12.1 Å². The van der Waals surface area contributed by atoms with Gasteiger partial charge in [-0.25, -0.2) is 4.79 Å². The number of ether oxygens (including phenoxy) is 1. The topological polar surface area (TPSA) is 53.6 Å². The predicted molar refractivity (Wildman–Crippen MR) is 80.9 cm³/mol. The molecule has 1 aromatic rings. The summed E-state index contributed by atoms with van der Waals surface area (Å²) in [7, 11) is 0. The maximum absolute atomic E-state index is 11.8. The molecular weight excluding hydrogens is 266 g/mol. The molecule has 2 fully saturated rings. The van der Waals surface area contributed by atoms with Gasteiger partial charge in [-0.15, -0.1) is 0 Å². The van der Waals surface area contributed by atoms with E-state index >= 15 is 0 Å². The first kappa shape index (κ1) is 12.8. The fraction of sp³-hybridized carbons (Fsp3) is 0.562. The number of rotatable bonds is 3. The van der Waals surface area contributed by atoms with Gasteiger partial charge in [-0.3, -0.25) is 0 Å². The molecule has 1 aromatic carbocycles. The lowest BCUT2D eigenvalue weighted by molar-refractivity contribution is 0.237. The molecule has 4 rings (SSSR count). The minimum absolute atomic E-state index is 0.00836. The quantitative estimate of drug-likeness (QED) is 0.889. The molecular formula is C16H21N3O2. The Kier molecular flexibility index (Phi) is 3.13. The van der Waals surface area contributed by atoms with Crippen LogP contribution in [0.5, 0.6) is 5.75 Å². The lowest BCUT2D eigenvalue weighted by Crippen LogP contribution is -2.44. The van der Waals surface area contributed by atoms with Crippen LogP contribution in [0, 0.1) is 0 Å². The van der Waals surface area contributed by atoms with Crippen molar-refractivity contribution < 1.29 is 9.53 Å². The van der Waals surface area contributed by atoms with Crippen molar-refractivity contribution in [3.8, 4) is 5.75 Å². The summed E-state index contributed by atoms with van der Waals surface area (Å²) in [5.41, 5.74) is 2.59. The number of hydrogen-bond donors (Lipinski definition) is 2. The largest absolute Gasteiger partial charge is 0.493 e. The van der Waals surface area contributed by atoms with E-state index in [1.807, 2.05) is 6.07 Å². The molecule has 5 nitrogen and oxygen atoms in total. The van der Waals surface area contributed by atoms with Gasteiger partial charge in [0, 0.05) is 42.8 Å². The number of hydrogen-bond acceptors (Lipinski definition) is 3. The first-order valence-electron chi connectivity index (χ1n) is 7.86. The van der Waals surface area contributed by atoms with Crippen molar-refractivity contribution in [1.29, 1.82) is 0 Å². The Balaban J connectivity index is 1.39. The van der Waals surface area contributed by atoms with Gasteiger partial charge in [0.25, 0.3) is 0 Å². The highest BCUT2D eigenvalue weighted by atomic mass is 16.5. The minimum atomic E-state index is -0.00836. The van der Waals surface area contributed by atoms with Crippen molar-refractivity contribution in [3.63, 3.8) is 0 Å². The van der Waals surface area contributed by atoms with Crippen LogP contribution in [0.15, 0.2) is 18.2 Å². The number of amides is 2. The number of urea groups is 1. The average molecular weight is 287 g/mol. The fourth-order valence-corrected chi connectivity index (χ4v) is 3.24. The van der Waals surface area contributed by atoms with Crippen LogP contribution in [0.25, 0.3) is 0 Å². The van der Waals surface area contributed by atoms with Crippen LogP contribution in [-0.4, -0.2) is 37.8 Å². The van der Waals surface area contributed by atoms with Gasteiger partial charge in [0.2, 0.25) is 0 Å². The number of carbonyl (C=O) groups is 1. The van der Waals surface area contributed by atoms with Crippen LogP contribution < -0.4 is 20.3 Å². The van der Waals surface area contributed by atoms with Gasteiger partial charge in [-0.1, -0.05) is 6.07 Å². The summed E-state index contributed by atoms with van der Waals surface area (Å²) >= 11 is 0. The van der Waals surface area contributed by atoms with E-state index in [1.54, 1.807) is 0 Å². The molecule has 0 bridgehead atoms. The second-order valence-electron chi connectivity index (χ2n) is 6.18. The Morgan fingerprint density at radius 3 is 2.90 bits per heavy atom. The molecule has 0 spiro atoms. The summed E-state index contributed by atoms with van der Waals surface area (Å²) in [5.74, 6) is 1.02. The molecule has 1 aliphatic carbocycles. The van der Waals surface area contributed by atoms with Gasteiger partial charge in [0.05, 0.1) is 6.61 Å². The third-order valence-corrected chi connectivity index (χ3v) is 4.49. The molecule has 3 aliphatic rings. The maximum Gasteiger partial charge on any atom is 0.315 e. The minimum Gasteiger partial charge on any atom is -0.493 e. The van der Waals surface area contributed by atoms with Crippen LogP contribution in [-0.2, 0) is 6.42 Å². The third kappa shape index (κ3) is 2.64. The lowest BCUT2D eigenvalue weighted by Gasteiger charge is -2.21. The van der Waals surface area contributed by atoms with Crippen molar-refractivity contribution in [2.24, 2.45) is 0 Å². The summed E-state index contributed by atoms with van der Waals surface area (Å²) in [5, 5.41) is 6.08. The number of anilines is 1. The summed E-state index contributed by atoms with van der Waals surface area (Å²) in [4.78, 5) is 14.2. The highest BCUT2D eigenvalue weighted by Crippen LogP contribution is 2.35. The van der Waals surface area contributed by atoms with Crippen molar-refractivity contribution in [2.45, 2.75) is 37.8 Å². The van der Waals surface area contributed by atoms with Gasteiger partial charge in [-0.05, 0) is 31.4 Å². The normalized spacial score (nSPS) is 23.6. The molecule has 1 saturated carbocycles. The molecule has 2 heterocycles. The van der Waals surface area contributed by atoms with E-state index in [1.165, 1.54) is 11.3 Å². The number of nitrogens with zero attached hydrogens (tertiary/aromatic N) is 1. The maximum atomic E-state index is 11.8.